The third kappa shape index (κ3) is 4.31. The van der Waals surface area contributed by atoms with Gasteiger partial charge >= 0.3 is 0 Å². The number of rotatable bonds is 4. The second-order valence-electron chi connectivity index (χ2n) is 7.84. The zero-order chi connectivity index (χ0) is 18.7. The van der Waals surface area contributed by atoms with Gasteiger partial charge in [-0.25, -0.2) is 4.68 Å². The van der Waals surface area contributed by atoms with E-state index in [9.17, 15) is 4.79 Å². The molecule has 1 aromatic carbocycles. The average Bonchev–Trinajstić information content (AvgIpc) is 3.00. The van der Waals surface area contributed by atoms with Crippen LogP contribution < -0.4 is 10.6 Å². The highest BCUT2D eigenvalue weighted by Crippen LogP contribution is 2.27. The summed E-state index contributed by atoms with van der Waals surface area (Å²) in [6, 6.07) is 10.1. The topological polar surface area (TPSA) is 68.2 Å². The molecule has 1 atom stereocenters. The number of carbonyl (C=O) groups is 1. The van der Waals surface area contributed by atoms with E-state index in [-0.39, 0.29) is 17.4 Å². The van der Waals surface area contributed by atoms with E-state index in [1.165, 1.54) is 0 Å². The molecule has 1 aliphatic rings. The first-order chi connectivity index (χ1) is 12.3. The van der Waals surface area contributed by atoms with E-state index in [1.54, 1.807) is 0 Å². The molecule has 1 saturated heterocycles. The standard InChI is InChI=1S/C20H28N4O2/c1-14-7-5-6-8-16(14)24-18(12-17(23-24)20(2,3)4)22-19(25)11-15-13-26-10-9-21-15/h5-8,12,15,21H,9-11,13H2,1-4H3,(H,22,25). The van der Waals surface area contributed by atoms with Gasteiger partial charge in [0.1, 0.15) is 5.82 Å². The van der Waals surface area contributed by atoms with Crippen molar-refractivity contribution in [2.45, 2.75) is 45.6 Å². The van der Waals surface area contributed by atoms with Gasteiger partial charge in [-0.1, -0.05) is 39.0 Å². The first-order valence-electron chi connectivity index (χ1n) is 9.12. The van der Waals surface area contributed by atoms with Crippen LogP contribution in [0.1, 0.15) is 38.4 Å². The lowest BCUT2D eigenvalue weighted by atomic mass is 9.92. The Labute approximate surface area is 154 Å². The van der Waals surface area contributed by atoms with E-state index >= 15 is 0 Å². The summed E-state index contributed by atoms with van der Waals surface area (Å²) < 4.78 is 7.26. The lowest BCUT2D eigenvalue weighted by Crippen LogP contribution is -2.43. The molecule has 140 valence electrons. The van der Waals surface area contributed by atoms with Crippen molar-refractivity contribution in [3.05, 3.63) is 41.6 Å². The second-order valence-corrected chi connectivity index (χ2v) is 7.84. The van der Waals surface area contributed by atoms with Crippen LogP contribution in [0.4, 0.5) is 5.82 Å². The van der Waals surface area contributed by atoms with Crippen LogP contribution in [0.3, 0.4) is 0 Å². The third-order valence-electron chi connectivity index (χ3n) is 4.52. The molecule has 0 radical (unpaired) electrons. The summed E-state index contributed by atoms with van der Waals surface area (Å²) in [7, 11) is 0. The maximum absolute atomic E-state index is 12.6. The van der Waals surface area contributed by atoms with E-state index in [0.29, 0.717) is 25.5 Å². The average molecular weight is 356 g/mol. The summed E-state index contributed by atoms with van der Waals surface area (Å²) in [5, 5.41) is 11.1. The highest BCUT2D eigenvalue weighted by Gasteiger charge is 2.23. The van der Waals surface area contributed by atoms with Crippen LogP contribution in [-0.2, 0) is 14.9 Å². The van der Waals surface area contributed by atoms with Gasteiger partial charge in [-0.05, 0) is 18.6 Å². The maximum Gasteiger partial charge on any atom is 0.227 e. The first kappa shape index (κ1) is 18.6. The molecule has 2 aromatic rings. The number of benzene rings is 1. The van der Waals surface area contributed by atoms with Gasteiger partial charge in [0.25, 0.3) is 0 Å². The SMILES string of the molecule is Cc1ccccc1-n1nc(C(C)(C)C)cc1NC(=O)CC1COCCN1. The van der Waals surface area contributed by atoms with Crippen molar-refractivity contribution in [1.82, 2.24) is 15.1 Å². The lowest BCUT2D eigenvalue weighted by Gasteiger charge is -2.23. The van der Waals surface area contributed by atoms with Crippen LogP contribution >= 0.6 is 0 Å². The Kier molecular flexibility index (Phi) is 5.44. The molecular formula is C20H28N4O2. The zero-order valence-electron chi connectivity index (χ0n) is 16.0. The molecule has 1 unspecified atom stereocenters. The number of hydrogen-bond acceptors (Lipinski definition) is 4. The minimum Gasteiger partial charge on any atom is -0.378 e. The van der Waals surface area contributed by atoms with Crippen molar-refractivity contribution < 1.29 is 9.53 Å². The van der Waals surface area contributed by atoms with Crippen molar-refractivity contribution in [2.75, 3.05) is 25.1 Å². The van der Waals surface area contributed by atoms with Gasteiger partial charge in [0.05, 0.1) is 24.6 Å². The molecule has 1 aliphatic heterocycles. The fourth-order valence-corrected chi connectivity index (χ4v) is 2.99. The van der Waals surface area contributed by atoms with Gasteiger partial charge in [0.2, 0.25) is 5.91 Å². The minimum absolute atomic E-state index is 0.0387. The van der Waals surface area contributed by atoms with Gasteiger partial charge in [0, 0.05) is 30.5 Å². The molecular weight excluding hydrogens is 328 g/mol. The number of carbonyl (C=O) groups excluding carboxylic acids is 1. The highest BCUT2D eigenvalue weighted by atomic mass is 16.5. The van der Waals surface area contributed by atoms with Crippen molar-refractivity contribution in [3.63, 3.8) is 0 Å². The van der Waals surface area contributed by atoms with Gasteiger partial charge in [-0.3, -0.25) is 4.79 Å². The molecule has 6 nitrogen and oxygen atoms in total. The number of anilines is 1. The van der Waals surface area contributed by atoms with E-state index in [0.717, 1.165) is 23.5 Å². The van der Waals surface area contributed by atoms with Gasteiger partial charge in [-0.2, -0.15) is 5.10 Å². The van der Waals surface area contributed by atoms with Crippen LogP contribution in [0.5, 0.6) is 0 Å². The fourth-order valence-electron chi connectivity index (χ4n) is 2.99. The Morgan fingerprint density at radius 3 is 2.81 bits per heavy atom. The number of nitrogens with one attached hydrogen (secondary N) is 2. The number of aryl methyl sites for hydroxylation is 1. The number of para-hydroxylation sites is 1. The van der Waals surface area contributed by atoms with Gasteiger partial charge < -0.3 is 15.4 Å². The zero-order valence-corrected chi connectivity index (χ0v) is 16.0. The number of amides is 1. The van der Waals surface area contributed by atoms with Gasteiger partial charge in [-0.15, -0.1) is 0 Å². The normalized spacial score (nSPS) is 17.9. The van der Waals surface area contributed by atoms with Crippen LogP contribution in [0.2, 0.25) is 0 Å². The summed E-state index contributed by atoms with van der Waals surface area (Å²) >= 11 is 0. The van der Waals surface area contributed by atoms with E-state index in [1.807, 2.05) is 41.9 Å². The summed E-state index contributed by atoms with van der Waals surface area (Å²) in [5.41, 5.74) is 2.91. The molecule has 0 spiro atoms. The monoisotopic (exact) mass is 356 g/mol. The van der Waals surface area contributed by atoms with E-state index < -0.39 is 0 Å². The number of aromatic nitrogens is 2. The molecule has 1 aromatic heterocycles. The van der Waals surface area contributed by atoms with Crippen molar-refractivity contribution in [2.24, 2.45) is 0 Å². The number of morpholine rings is 1. The molecule has 1 amide bonds. The van der Waals surface area contributed by atoms with Crippen LogP contribution in [0, 0.1) is 6.92 Å². The summed E-state index contributed by atoms with van der Waals surface area (Å²) in [6.07, 6.45) is 0.379. The van der Waals surface area contributed by atoms with Crippen molar-refractivity contribution in [3.8, 4) is 5.69 Å². The molecule has 6 heteroatoms. The molecule has 2 heterocycles. The number of nitrogens with zero attached hydrogens (tertiary/aromatic N) is 2. The molecule has 3 rings (SSSR count). The Balaban J connectivity index is 1.86. The van der Waals surface area contributed by atoms with Crippen molar-refractivity contribution in [1.29, 1.82) is 0 Å². The smallest absolute Gasteiger partial charge is 0.227 e. The lowest BCUT2D eigenvalue weighted by molar-refractivity contribution is -0.117. The molecule has 0 aliphatic carbocycles. The summed E-state index contributed by atoms with van der Waals surface area (Å²) in [4.78, 5) is 12.6. The molecule has 1 fully saturated rings. The van der Waals surface area contributed by atoms with Crippen LogP contribution in [-0.4, -0.2) is 41.5 Å². The van der Waals surface area contributed by atoms with Crippen molar-refractivity contribution >= 4 is 11.7 Å². The maximum atomic E-state index is 12.6. The Morgan fingerprint density at radius 2 is 2.15 bits per heavy atom. The van der Waals surface area contributed by atoms with Crippen LogP contribution in [0.25, 0.3) is 5.69 Å². The third-order valence-corrected chi connectivity index (χ3v) is 4.52. The fraction of sp³-hybridized carbons (Fsp3) is 0.500. The number of hydrogen-bond donors (Lipinski definition) is 2. The van der Waals surface area contributed by atoms with Crippen LogP contribution in [0.15, 0.2) is 30.3 Å². The minimum atomic E-state index is -0.105. The summed E-state index contributed by atoms with van der Waals surface area (Å²) in [6.45, 7) is 10.5. The molecule has 26 heavy (non-hydrogen) atoms. The quantitative estimate of drug-likeness (QED) is 0.884. The summed E-state index contributed by atoms with van der Waals surface area (Å²) in [5.74, 6) is 0.661. The molecule has 2 N–H and O–H groups in total. The second kappa shape index (κ2) is 7.60. The van der Waals surface area contributed by atoms with E-state index in [4.69, 9.17) is 9.84 Å². The highest BCUT2D eigenvalue weighted by molar-refractivity contribution is 5.90. The Hall–Kier alpha value is -2.18. The largest absolute Gasteiger partial charge is 0.378 e. The molecule has 0 saturated carbocycles. The predicted octanol–water partition coefficient (Wildman–Crippen LogP) is 2.80. The number of ether oxygens (including phenoxy) is 1. The first-order valence-corrected chi connectivity index (χ1v) is 9.12. The predicted molar refractivity (Wildman–Crippen MR) is 103 cm³/mol. The van der Waals surface area contributed by atoms with Gasteiger partial charge in [0.15, 0.2) is 0 Å². The molecule has 0 bridgehead atoms. The Morgan fingerprint density at radius 1 is 1.38 bits per heavy atom. The Bertz CT molecular complexity index is 770. The van der Waals surface area contributed by atoms with E-state index in [2.05, 4.69) is 31.4 Å².